The van der Waals surface area contributed by atoms with E-state index in [-0.39, 0.29) is 24.3 Å². The molecule has 30 heavy (non-hydrogen) atoms. The number of carbonyl (C=O) groups is 1. The summed E-state index contributed by atoms with van der Waals surface area (Å²) in [5.41, 5.74) is 1.18. The van der Waals surface area contributed by atoms with Gasteiger partial charge in [-0.15, -0.1) is 0 Å². The predicted molar refractivity (Wildman–Crippen MR) is 103 cm³/mol. The van der Waals surface area contributed by atoms with E-state index in [4.69, 9.17) is 4.74 Å². The average molecular weight is 422 g/mol. The highest BCUT2D eigenvalue weighted by molar-refractivity contribution is 6.05. The SMILES string of the molecule is O=C(/C=C1\CCOc2cc(C(F)(F)F)c(F)cc21)Nc1cccc2c1CC(O)CN2. The van der Waals surface area contributed by atoms with E-state index in [0.717, 1.165) is 17.3 Å². The third-order valence-electron chi connectivity index (χ3n) is 5.06. The van der Waals surface area contributed by atoms with Crippen LogP contribution < -0.4 is 15.4 Å². The van der Waals surface area contributed by atoms with Crippen LogP contribution >= 0.6 is 0 Å². The largest absolute Gasteiger partial charge is 0.493 e. The first-order valence-electron chi connectivity index (χ1n) is 9.31. The predicted octanol–water partition coefficient (Wildman–Crippen LogP) is 3.98. The maximum absolute atomic E-state index is 14.0. The number of alkyl halides is 3. The monoisotopic (exact) mass is 422 g/mol. The Labute approximate surface area is 169 Å². The molecule has 2 aromatic carbocycles. The lowest BCUT2D eigenvalue weighted by molar-refractivity contribution is -0.140. The van der Waals surface area contributed by atoms with Gasteiger partial charge in [-0.25, -0.2) is 4.39 Å². The Morgan fingerprint density at radius 2 is 2.10 bits per heavy atom. The highest BCUT2D eigenvalue weighted by Gasteiger charge is 2.36. The van der Waals surface area contributed by atoms with E-state index < -0.39 is 29.6 Å². The second kappa shape index (κ2) is 7.64. The van der Waals surface area contributed by atoms with E-state index in [2.05, 4.69) is 10.6 Å². The summed E-state index contributed by atoms with van der Waals surface area (Å²) in [6.45, 7) is 0.489. The summed E-state index contributed by atoms with van der Waals surface area (Å²) in [4.78, 5) is 12.6. The first kappa shape index (κ1) is 20.2. The molecule has 1 unspecified atom stereocenters. The third-order valence-corrected chi connectivity index (χ3v) is 5.06. The Morgan fingerprint density at radius 3 is 2.87 bits per heavy atom. The quantitative estimate of drug-likeness (QED) is 0.506. The molecular weight excluding hydrogens is 404 g/mol. The molecule has 0 saturated carbocycles. The highest BCUT2D eigenvalue weighted by Crippen LogP contribution is 2.40. The summed E-state index contributed by atoms with van der Waals surface area (Å²) in [5.74, 6) is -2.04. The van der Waals surface area contributed by atoms with Gasteiger partial charge in [0.1, 0.15) is 11.6 Å². The van der Waals surface area contributed by atoms with E-state index >= 15 is 0 Å². The molecule has 2 aliphatic rings. The lowest BCUT2D eigenvalue weighted by Crippen LogP contribution is -2.28. The van der Waals surface area contributed by atoms with Crippen molar-refractivity contribution in [1.29, 1.82) is 0 Å². The van der Waals surface area contributed by atoms with Crippen LogP contribution in [0.4, 0.5) is 28.9 Å². The second-order valence-corrected chi connectivity index (χ2v) is 7.15. The molecule has 0 radical (unpaired) electrons. The molecule has 3 N–H and O–H groups in total. The van der Waals surface area contributed by atoms with E-state index in [0.29, 0.717) is 30.3 Å². The van der Waals surface area contributed by atoms with E-state index in [1.807, 2.05) is 6.07 Å². The van der Waals surface area contributed by atoms with Crippen LogP contribution in [0.1, 0.15) is 23.1 Å². The third kappa shape index (κ3) is 3.97. The van der Waals surface area contributed by atoms with Crippen LogP contribution in [0.5, 0.6) is 5.75 Å². The Balaban J connectivity index is 1.62. The van der Waals surface area contributed by atoms with Gasteiger partial charge in [0.25, 0.3) is 0 Å². The van der Waals surface area contributed by atoms with Crippen LogP contribution in [-0.4, -0.2) is 30.3 Å². The molecule has 9 heteroatoms. The minimum absolute atomic E-state index is 0.0753. The zero-order valence-corrected chi connectivity index (χ0v) is 15.6. The molecule has 0 aromatic heterocycles. The van der Waals surface area contributed by atoms with Crippen LogP contribution in [0.2, 0.25) is 0 Å². The summed E-state index contributed by atoms with van der Waals surface area (Å²) >= 11 is 0. The molecule has 0 aliphatic carbocycles. The van der Waals surface area contributed by atoms with Crippen LogP contribution in [0.15, 0.2) is 36.4 Å². The summed E-state index contributed by atoms with van der Waals surface area (Å²) in [7, 11) is 0. The van der Waals surface area contributed by atoms with Crippen molar-refractivity contribution in [3.8, 4) is 5.75 Å². The van der Waals surface area contributed by atoms with Gasteiger partial charge in [-0.3, -0.25) is 4.79 Å². The normalized spacial score (nSPS) is 19.4. The number of hydrogen-bond acceptors (Lipinski definition) is 4. The fraction of sp³-hybridized carbons (Fsp3) is 0.286. The van der Waals surface area contributed by atoms with Crippen molar-refractivity contribution in [2.24, 2.45) is 0 Å². The van der Waals surface area contributed by atoms with Gasteiger partial charge in [0.2, 0.25) is 5.91 Å². The number of β-amino-alcohol motifs (C(OH)–C–C–N with tert-alkyl or cyclic N) is 1. The zero-order chi connectivity index (χ0) is 21.5. The maximum atomic E-state index is 14.0. The molecule has 158 valence electrons. The molecule has 0 bridgehead atoms. The minimum Gasteiger partial charge on any atom is -0.493 e. The number of aliphatic hydroxyl groups is 1. The zero-order valence-electron chi connectivity index (χ0n) is 15.6. The number of aliphatic hydroxyl groups excluding tert-OH is 1. The molecule has 0 saturated heterocycles. The number of benzene rings is 2. The van der Waals surface area contributed by atoms with Gasteiger partial charge in [0.05, 0.1) is 18.3 Å². The Hall–Kier alpha value is -3.07. The lowest BCUT2D eigenvalue weighted by atomic mass is 9.96. The maximum Gasteiger partial charge on any atom is 0.419 e. The molecule has 0 fully saturated rings. The fourth-order valence-electron chi connectivity index (χ4n) is 3.65. The highest BCUT2D eigenvalue weighted by atomic mass is 19.4. The molecule has 2 aromatic rings. The first-order valence-corrected chi connectivity index (χ1v) is 9.31. The average Bonchev–Trinajstić information content (AvgIpc) is 2.67. The van der Waals surface area contributed by atoms with Gasteiger partial charge in [-0.05, 0) is 29.8 Å². The fourth-order valence-corrected chi connectivity index (χ4v) is 3.65. The molecule has 1 amide bonds. The number of ether oxygens (including phenoxy) is 1. The number of anilines is 2. The van der Waals surface area contributed by atoms with Crippen molar-refractivity contribution in [2.75, 3.05) is 23.8 Å². The second-order valence-electron chi connectivity index (χ2n) is 7.15. The standard InChI is InChI=1S/C21H18F4N2O3/c22-16-8-13-11(4-5-30-19(13)9-15(16)21(23,24)25)6-20(29)27-18-3-1-2-17-14(18)7-12(28)10-26-17/h1-3,6,8-9,12,26,28H,4-5,7,10H2,(H,27,29)/b11-6+. The number of rotatable bonds is 2. The number of amides is 1. The van der Waals surface area contributed by atoms with Crippen molar-refractivity contribution in [2.45, 2.75) is 25.1 Å². The van der Waals surface area contributed by atoms with Gasteiger partial charge in [0.15, 0.2) is 0 Å². The first-order chi connectivity index (χ1) is 14.2. The summed E-state index contributed by atoms with van der Waals surface area (Å²) in [6.07, 6.45) is -3.57. The summed E-state index contributed by atoms with van der Waals surface area (Å²) < 4.78 is 58.1. The van der Waals surface area contributed by atoms with Gasteiger partial charge >= 0.3 is 6.18 Å². The van der Waals surface area contributed by atoms with Crippen molar-refractivity contribution >= 4 is 22.9 Å². The van der Waals surface area contributed by atoms with Gasteiger partial charge < -0.3 is 20.5 Å². The molecule has 5 nitrogen and oxygen atoms in total. The lowest BCUT2D eigenvalue weighted by Gasteiger charge is -2.25. The van der Waals surface area contributed by atoms with E-state index in [1.54, 1.807) is 12.1 Å². The Bertz CT molecular complexity index is 1030. The minimum atomic E-state index is -4.84. The Morgan fingerprint density at radius 1 is 1.30 bits per heavy atom. The van der Waals surface area contributed by atoms with Gasteiger partial charge in [-0.1, -0.05) is 6.07 Å². The van der Waals surface area contributed by atoms with Crippen LogP contribution in [0.25, 0.3) is 5.57 Å². The number of fused-ring (bicyclic) bond motifs is 2. The molecule has 4 rings (SSSR count). The molecule has 2 aliphatic heterocycles. The van der Waals surface area contributed by atoms with Gasteiger partial charge in [-0.2, -0.15) is 13.2 Å². The molecule has 1 atom stereocenters. The van der Waals surface area contributed by atoms with Crippen molar-refractivity contribution in [3.05, 3.63) is 58.9 Å². The molecule has 0 spiro atoms. The Kier molecular flexibility index (Phi) is 5.15. The number of halogens is 4. The van der Waals surface area contributed by atoms with E-state index in [9.17, 15) is 27.5 Å². The van der Waals surface area contributed by atoms with Gasteiger partial charge in [0, 0.05) is 48.0 Å². The molecule has 2 heterocycles. The van der Waals surface area contributed by atoms with E-state index in [1.165, 1.54) is 6.08 Å². The van der Waals surface area contributed by atoms with Crippen molar-refractivity contribution < 1.29 is 32.2 Å². The number of carbonyl (C=O) groups excluding carboxylic acids is 1. The van der Waals surface area contributed by atoms with Crippen LogP contribution in [0, 0.1) is 5.82 Å². The van der Waals surface area contributed by atoms with Crippen LogP contribution in [0.3, 0.4) is 0 Å². The summed E-state index contributed by atoms with van der Waals surface area (Å²) in [6, 6.07) is 6.66. The summed E-state index contributed by atoms with van der Waals surface area (Å²) in [5, 5.41) is 15.7. The topological polar surface area (TPSA) is 70.6 Å². The van der Waals surface area contributed by atoms with Crippen LogP contribution in [-0.2, 0) is 17.4 Å². The molecular formula is C21H18F4N2O3. The number of hydrogen-bond donors (Lipinski definition) is 3. The van der Waals surface area contributed by atoms with Crippen molar-refractivity contribution in [3.63, 3.8) is 0 Å². The van der Waals surface area contributed by atoms with Crippen molar-refractivity contribution in [1.82, 2.24) is 0 Å². The number of nitrogens with one attached hydrogen (secondary N) is 2. The smallest absolute Gasteiger partial charge is 0.419 e.